The van der Waals surface area contributed by atoms with Crippen LogP contribution in [0.25, 0.3) is 11.1 Å². The third-order valence-corrected chi connectivity index (χ3v) is 2.88. The summed E-state index contributed by atoms with van der Waals surface area (Å²) in [5.74, 6) is 1.48. The summed E-state index contributed by atoms with van der Waals surface area (Å²) >= 11 is 0. The van der Waals surface area contributed by atoms with E-state index in [2.05, 4.69) is 5.92 Å². The molecule has 0 amide bonds. The standard InChI is InChI=1S/C17H14O3/c1-2-11-20-12-13-7-9-14(10-8-13)15-5-3-4-6-16(15)17(18)19/h1,3-10H,11-12H2,(H,18,19). The van der Waals surface area contributed by atoms with Crippen molar-refractivity contribution in [3.8, 4) is 23.5 Å². The van der Waals surface area contributed by atoms with Gasteiger partial charge in [0, 0.05) is 0 Å². The Morgan fingerprint density at radius 3 is 2.50 bits per heavy atom. The van der Waals surface area contributed by atoms with Crippen LogP contribution in [0.3, 0.4) is 0 Å². The molecule has 1 N–H and O–H groups in total. The van der Waals surface area contributed by atoms with E-state index in [0.29, 0.717) is 17.7 Å². The first-order valence-electron chi connectivity index (χ1n) is 6.15. The van der Waals surface area contributed by atoms with Crippen molar-refractivity contribution in [3.63, 3.8) is 0 Å². The summed E-state index contributed by atoms with van der Waals surface area (Å²) in [6.07, 6.45) is 5.11. The molecule has 0 fully saturated rings. The molecule has 0 aromatic heterocycles. The number of rotatable bonds is 5. The fourth-order valence-corrected chi connectivity index (χ4v) is 1.93. The Morgan fingerprint density at radius 1 is 1.15 bits per heavy atom. The molecule has 0 spiro atoms. The van der Waals surface area contributed by atoms with Crippen molar-refractivity contribution >= 4 is 5.97 Å². The molecule has 2 aromatic carbocycles. The zero-order valence-corrected chi connectivity index (χ0v) is 10.9. The van der Waals surface area contributed by atoms with E-state index < -0.39 is 5.97 Å². The first-order chi connectivity index (χ1) is 9.72. The number of carbonyl (C=O) groups is 1. The summed E-state index contributed by atoms with van der Waals surface area (Å²) in [7, 11) is 0. The zero-order chi connectivity index (χ0) is 14.4. The Hall–Kier alpha value is -2.57. The number of ether oxygens (including phenoxy) is 1. The van der Waals surface area contributed by atoms with Crippen LogP contribution in [-0.2, 0) is 11.3 Å². The first kappa shape index (κ1) is 13.9. The van der Waals surface area contributed by atoms with Crippen molar-refractivity contribution < 1.29 is 14.6 Å². The van der Waals surface area contributed by atoms with E-state index in [1.54, 1.807) is 18.2 Å². The zero-order valence-electron chi connectivity index (χ0n) is 10.9. The molecule has 2 rings (SSSR count). The summed E-state index contributed by atoms with van der Waals surface area (Å²) in [4.78, 5) is 11.2. The fourth-order valence-electron chi connectivity index (χ4n) is 1.93. The van der Waals surface area contributed by atoms with Crippen LogP contribution < -0.4 is 0 Å². The van der Waals surface area contributed by atoms with E-state index in [4.69, 9.17) is 11.2 Å². The SMILES string of the molecule is C#CCOCc1ccc(-c2ccccc2C(=O)O)cc1. The molecule has 20 heavy (non-hydrogen) atoms. The molecule has 3 nitrogen and oxygen atoms in total. The van der Waals surface area contributed by atoms with Gasteiger partial charge >= 0.3 is 5.97 Å². The second-order valence-corrected chi connectivity index (χ2v) is 4.24. The number of benzene rings is 2. The highest BCUT2D eigenvalue weighted by Gasteiger charge is 2.10. The van der Waals surface area contributed by atoms with Crippen molar-refractivity contribution in [1.82, 2.24) is 0 Å². The molecule has 100 valence electrons. The molecule has 3 heteroatoms. The lowest BCUT2D eigenvalue weighted by atomic mass is 9.99. The van der Waals surface area contributed by atoms with Crippen molar-refractivity contribution in [1.29, 1.82) is 0 Å². The smallest absolute Gasteiger partial charge is 0.336 e. The number of aromatic carboxylic acids is 1. The second-order valence-electron chi connectivity index (χ2n) is 4.24. The molecule has 0 heterocycles. The minimum absolute atomic E-state index is 0.281. The van der Waals surface area contributed by atoms with Gasteiger partial charge in [0.05, 0.1) is 12.2 Å². The molecule has 0 radical (unpaired) electrons. The minimum atomic E-state index is -0.929. The van der Waals surface area contributed by atoms with E-state index in [1.165, 1.54) is 0 Å². The lowest BCUT2D eigenvalue weighted by Gasteiger charge is -2.07. The normalized spacial score (nSPS) is 9.95. The van der Waals surface area contributed by atoms with Crippen LogP contribution in [0.4, 0.5) is 0 Å². The van der Waals surface area contributed by atoms with Crippen LogP contribution in [0.2, 0.25) is 0 Å². The van der Waals surface area contributed by atoms with Gasteiger partial charge in [0.15, 0.2) is 0 Å². The Kier molecular flexibility index (Phi) is 4.54. The highest BCUT2D eigenvalue weighted by molar-refractivity contribution is 5.95. The summed E-state index contributed by atoms with van der Waals surface area (Å²) in [6, 6.07) is 14.5. The van der Waals surface area contributed by atoms with Gasteiger partial charge in [0.25, 0.3) is 0 Å². The van der Waals surface area contributed by atoms with Crippen LogP contribution in [0.15, 0.2) is 48.5 Å². The van der Waals surface area contributed by atoms with E-state index in [1.807, 2.05) is 30.3 Å². The third-order valence-electron chi connectivity index (χ3n) is 2.88. The highest BCUT2D eigenvalue weighted by atomic mass is 16.5. The molecule has 0 aliphatic heterocycles. The predicted molar refractivity (Wildman–Crippen MR) is 77.3 cm³/mol. The number of carboxylic acid groups (broad SMARTS) is 1. The average Bonchev–Trinajstić information content (AvgIpc) is 2.48. The quantitative estimate of drug-likeness (QED) is 0.667. The molecule has 0 atom stereocenters. The largest absolute Gasteiger partial charge is 0.478 e. The summed E-state index contributed by atoms with van der Waals surface area (Å²) in [6.45, 7) is 0.731. The second kappa shape index (κ2) is 6.55. The van der Waals surface area contributed by atoms with E-state index >= 15 is 0 Å². The maximum absolute atomic E-state index is 11.2. The molecule has 0 saturated carbocycles. The number of hydrogen-bond donors (Lipinski definition) is 1. The van der Waals surface area contributed by atoms with Gasteiger partial charge in [-0.1, -0.05) is 48.4 Å². The van der Waals surface area contributed by atoms with E-state index in [-0.39, 0.29) is 6.61 Å². The average molecular weight is 266 g/mol. The number of hydrogen-bond acceptors (Lipinski definition) is 2. The molecule has 0 aliphatic rings. The Bertz CT molecular complexity index is 636. The van der Waals surface area contributed by atoms with Gasteiger partial charge in [0.1, 0.15) is 6.61 Å². The van der Waals surface area contributed by atoms with Crippen LogP contribution in [0, 0.1) is 12.3 Å². The van der Waals surface area contributed by atoms with Crippen LogP contribution >= 0.6 is 0 Å². The van der Waals surface area contributed by atoms with Crippen molar-refractivity contribution in [2.24, 2.45) is 0 Å². The van der Waals surface area contributed by atoms with Crippen LogP contribution in [0.5, 0.6) is 0 Å². The summed E-state index contributed by atoms with van der Waals surface area (Å²) in [5.41, 5.74) is 2.86. The monoisotopic (exact) mass is 266 g/mol. The predicted octanol–water partition coefficient (Wildman–Crippen LogP) is 3.20. The summed E-state index contributed by atoms with van der Waals surface area (Å²) < 4.78 is 5.25. The van der Waals surface area contributed by atoms with Crippen LogP contribution in [-0.4, -0.2) is 17.7 Å². The lowest BCUT2D eigenvalue weighted by molar-refractivity contribution is 0.0697. The topological polar surface area (TPSA) is 46.5 Å². The Labute approximate surface area is 117 Å². The summed E-state index contributed by atoms with van der Waals surface area (Å²) in [5, 5.41) is 9.19. The van der Waals surface area contributed by atoms with E-state index in [0.717, 1.165) is 11.1 Å². The van der Waals surface area contributed by atoms with Crippen molar-refractivity contribution in [2.45, 2.75) is 6.61 Å². The van der Waals surface area contributed by atoms with Gasteiger partial charge in [-0.3, -0.25) is 0 Å². The molecular formula is C17H14O3. The van der Waals surface area contributed by atoms with Gasteiger partial charge in [-0.25, -0.2) is 4.79 Å². The Morgan fingerprint density at radius 2 is 1.85 bits per heavy atom. The fraction of sp³-hybridized carbons (Fsp3) is 0.118. The van der Waals surface area contributed by atoms with Gasteiger partial charge in [0.2, 0.25) is 0 Å². The highest BCUT2D eigenvalue weighted by Crippen LogP contribution is 2.24. The van der Waals surface area contributed by atoms with E-state index in [9.17, 15) is 9.90 Å². The molecule has 2 aromatic rings. The first-order valence-corrected chi connectivity index (χ1v) is 6.15. The lowest BCUT2D eigenvalue weighted by Crippen LogP contribution is -1.99. The number of terminal acetylenes is 1. The van der Waals surface area contributed by atoms with Gasteiger partial charge in [-0.15, -0.1) is 6.42 Å². The van der Waals surface area contributed by atoms with Crippen LogP contribution in [0.1, 0.15) is 15.9 Å². The number of carboxylic acids is 1. The maximum Gasteiger partial charge on any atom is 0.336 e. The molecule has 0 unspecified atom stereocenters. The Balaban J connectivity index is 2.22. The van der Waals surface area contributed by atoms with Crippen molar-refractivity contribution in [3.05, 3.63) is 59.7 Å². The van der Waals surface area contributed by atoms with Gasteiger partial charge < -0.3 is 9.84 Å². The molecular weight excluding hydrogens is 252 g/mol. The molecule has 0 saturated heterocycles. The third kappa shape index (κ3) is 3.25. The van der Waals surface area contributed by atoms with Gasteiger partial charge in [-0.2, -0.15) is 0 Å². The molecule has 0 bridgehead atoms. The molecule has 0 aliphatic carbocycles. The van der Waals surface area contributed by atoms with Gasteiger partial charge in [-0.05, 0) is 22.8 Å². The minimum Gasteiger partial charge on any atom is -0.478 e. The van der Waals surface area contributed by atoms with Crippen molar-refractivity contribution in [2.75, 3.05) is 6.61 Å². The maximum atomic E-state index is 11.2.